The molecule has 2 heteroatoms. The minimum absolute atomic E-state index is 0.0958. The van der Waals surface area contributed by atoms with Crippen LogP contribution < -0.4 is 0 Å². The van der Waals surface area contributed by atoms with E-state index >= 15 is 0 Å². The molecule has 1 fully saturated rings. The van der Waals surface area contributed by atoms with E-state index in [2.05, 4.69) is 95.9 Å². The van der Waals surface area contributed by atoms with Gasteiger partial charge >= 0.3 is 0 Å². The summed E-state index contributed by atoms with van der Waals surface area (Å²) in [6, 6.07) is 32.2. The van der Waals surface area contributed by atoms with Crippen molar-refractivity contribution in [3.8, 4) is 0 Å². The molecule has 0 radical (unpaired) electrons. The van der Waals surface area contributed by atoms with Crippen molar-refractivity contribution < 1.29 is 4.79 Å². The van der Waals surface area contributed by atoms with Gasteiger partial charge in [-0.3, -0.25) is 9.69 Å². The predicted molar refractivity (Wildman–Crippen MR) is 135 cm³/mol. The number of fused-ring (bicyclic) bond motifs is 1. The number of nitrogens with zero attached hydrogens (tertiary/aromatic N) is 1. The maximum Gasteiger partial charge on any atom is 0.161 e. The Bertz CT molecular complexity index is 1050. The number of hydrogen-bond donors (Lipinski definition) is 0. The molecular weight excluding hydrogens is 402 g/mol. The topological polar surface area (TPSA) is 20.3 Å². The predicted octanol–water partition coefficient (Wildman–Crippen LogP) is 6.76. The molecule has 0 aliphatic heterocycles. The summed E-state index contributed by atoms with van der Waals surface area (Å²) in [4.78, 5) is 16.0. The fourth-order valence-electron chi connectivity index (χ4n) is 5.74. The third-order valence-corrected chi connectivity index (χ3v) is 7.32. The first-order valence-electron chi connectivity index (χ1n) is 12.4. The molecule has 0 bridgehead atoms. The molecule has 5 rings (SSSR count). The SMILES string of the molecule is O=C1C[C@@H]2CCCCC2=C1[C@H](Cc1ccccc1)N(Cc1ccccc1)Cc1ccccc1. The van der Waals surface area contributed by atoms with Crippen molar-refractivity contribution in [3.63, 3.8) is 0 Å². The average molecular weight is 436 g/mol. The van der Waals surface area contributed by atoms with Crippen molar-refractivity contribution in [2.24, 2.45) is 5.92 Å². The number of carbonyl (C=O) groups is 1. The summed E-state index contributed by atoms with van der Waals surface area (Å²) in [7, 11) is 0. The van der Waals surface area contributed by atoms with Crippen LogP contribution in [0.4, 0.5) is 0 Å². The van der Waals surface area contributed by atoms with Gasteiger partial charge in [0.25, 0.3) is 0 Å². The fourth-order valence-corrected chi connectivity index (χ4v) is 5.74. The van der Waals surface area contributed by atoms with Crippen LogP contribution in [0.3, 0.4) is 0 Å². The van der Waals surface area contributed by atoms with E-state index in [0.717, 1.165) is 37.9 Å². The van der Waals surface area contributed by atoms with Crippen LogP contribution in [-0.4, -0.2) is 16.7 Å². The molecule has 3 aromatic carbocycles. The first-order valence-corrected chi connectivity index (χ1v) is 12.4. The van der Waals surface area contributed by atoms with Crippen LogP contribution in [0, 0.1) is 5.92 Å². The monoisotopic (exact) mass is 435 g/mol. The van der Waals surface area contributed by atoms with Gasteiger partial charge in [-0.1, -0.05) is 103 Å². The molecule has 2 atom stereocenters. The number of hydrogen-bond acceptors (Lipinski definition) is 2. The Morgan fingerprint density at radius 3 is 1.85 bits per heavy atom. The molecule has 0 unspecified atom stereocenters. The summed E-state index contributed by atoms with van der Waals surface area (Å²) in [5.74, 6) is 0.874. The van der Waals surface area contributed by atoms with Crippen LogP contribution in [-0.2, 0) is 24.3 Å². The highest BCUT2D eigenvalue weighted by atomic mass is 16.1. The van der Waals surface area contributed by atoms with Crippen molar-refractivity contribution in [3.05, 3.63) is 119 Å². The summed E-state index contributed by atoms with van der Waals surface area (Å²) in [6.07, 6.45) is 6.35. The maximum atomic E-state index is 13.5. The molecule has 3 aromatic rings. The van der Waals surface area contributed by atoms with Gasteiger partial charge in [0.15, 0.2) is 5.78 Å². The second-order valence-corrected chi connectivity index (χ2v) is 9.59. The second-order valence-electron chi connectivity index (χ2n) is 9.59. The molecule has 0 amide bonds. The van der Waals surface area contributed by atoms with Crippen molar-refractivity contribution in [1.29, 1.82) is 0 Å². The highest BCUT2D eigenvalue weighted by Crippen LogP contribution is 2.43. The van der Waals surface area contributed by atoms with E-state index in [0.29, 0.717) is 11.7 Å². The summed E-state index contributed by atoms with van der Waals surface area (Å²) < 4.78 is 0. The van der Waals surface area contributed by atoms with Gasteiger partial charge in [-0.05, 0) is 48.3 Å². The maximum absolute atomic E-state index is 13.5. The molecule has 0 aromatic heterocycles. The third kappa shape index (κ3) is 5.17. The van der Waals surface area contributed by atoms with Gasteiger partial charge in [0.1, 0.15) is 0 Å². The lowest BCUT2D eigenvalue weighted by Crippen LogP contribution is -2.39. The van der Waals surface area contributed by atoms with E-state index in [1.165, 1.54) is 41.5 Å². The van der Waals surface area contributed by atoms with E-state index in [-0.39, 0.29) is 6.04 Å². The van der Waals surface area contributed by atoms with Gasteiger partial charge in [0.2, 0.25) is 0 Å². The van der Waals surface area contributed by atoms with Crippen molar-refractivity contribution in [2.45, 2.75) is 57.7 Å². The van der Waals surface area contributed by atoms with Crippen molar-refractivity contribution in [1.82, 2.24) is 4.90 Å². The molecule has 0 N–H and O–H groups in total. The average Bonchev–Trinajstić information content (AvgIpc) is 3.19. The first kappa shape index (κ1) is 21.9. The van der Waals surface area contributed by atoms with Crippen LogP contribution in [0.1, 0.15) is 48.8 Å². The highest BCUT2D eigenvalue weighted by molar-refractivity contribution is 6.00. The first-order chi connectivity index (χ1) is 16.3. The Balaban J connectivity index is 1.56. The summed E-state index contributed by atoms with van der Waals surface area (Å²) in [5, 5.41) is 0. The summed E-state index contributed by atoms with van der Waals surface area (Å²) in [5.41, 5.74) is 6.49. The van der Waals surface area contributed by atoms with Gasteiger partial charge in [0.05, 0.1) is 0 Å². The minimum Gasteiger partial charge on any atom is -0.294 e. The third-order valence-electron chi connectivity index (χ3n) is 7.32. The van der Waals surface area contributed by atoms with E-state index in [4.69, 9.17) is 0 Å². The zero-order chi connectivity index (χ0) is 22.5. The van der Waals surface area contributed by atoms with Crippen LogP contribution in [0.25, 0.3) is 0 Å². The quantitative estimate of drug-likeness (QED) is 0.390. The lowest BCUT2D eigenvalue weighted by Gasteiger charge is -2.34. The Kier molecular flexibility index (Phi) is 6.83. The van der Waals surface area contributed by atoms with Crippen molar-refractivity contribution >= 4 is 5.78 Å². The Morgan fingerprint density at radius 2 is 1.27 bits per heavy atom. The molecule has 2 nitrogen and oxygen atoms in total. The number of benzene rings is 3. The molecule has 33 heavy (non-hydrogen) atoms. The Morgan fingerprint density at radius 1 is 0.727 bits per heavy atom. The molecule has 168 valence electrons. The number of ketones is 1. The molecule has 0 heterocycles. The van der Waals surface area contributed by atoms with Crippen molar-refractivity contribution in [2.75, 3.05) is 0 Å². The van der Waals surface area contributed by atoms with Gasteiger partial charge in [0, 0.05) is 31.1 Å². The smallest absolute Gasteiger partial charge is 0.161 e. The zero-order valence-corrected chi connectivity index (χ0v) is 19.3. The Labute approximate surface area is 198 Å². The van der Waals surface area contributed by atoms with E-state index in [1.54, 1.807) is 0 Å². The summed E-state index contributed by atoms with van der Waals surface area (Å²) >= 11 is 0. The van der Waals surface area contributed by atoms with Crippen LogP contribution >= 0.6 is 0 Å². The molecule has 2 aliphatic carbocycles. The van der Waals surface area contributed by atoms with E-state index in [9.17, 15) is 4.79 Å². The van der Waals surface area contributed by atoms with Crippen LogP contribution in [0.15, 0.2) is 102 Å². The largest absolute Gasteiger partial charge is 0.294 e. The minimum atomic E-state index is 0.0958. The normalized spacial score (nSPS) is 19.1. The van der Waals surface area contributed by atoms with Crippen LogP contribution in [0.2, 0.25) is 0 Å². The van der Waals surface area contributed by atoms with E-state index in [1.807, 2.05) is 0 Å². The standard InChI is InChI=1S/C31H33NO/c33-30-21-27-18-10-11-19-28(27)31(30)29(20-24-12-4-1-5-13-24)32(22-25-14-6-2-7-15-25)23-26-16-8-3-9-17-26/h1-9,12-17,27,29H,10-11,18-23H2/t27-,29-/m0/s1. The summed E-state index contributed by atoms with van der Waals surface area (Å²) in [6.45, 7) is 1.67. The fraction of sp³-hybridized carbons (Fsp3) is 0.323. The van der Waals surface area contributed by atoms with Gasteiger partial charge in [-0.2, -0.15) is 0 Å². The highest BCUT2D eigenvalue weighted by Gasteiger charge is 2.39. The number of Topliss-reactive ketones (excluding diaryl/α,β-unsaturated/α-hetero) is 1. The van der Waals surface area contributed by atoms with Gasteiger partial charge in [-0.15, -0.1) is 0 Å². The second kappa shape index (κ2) is 10.3. The molecular formula is C31H33NO. The molecule has 1 saturated carbocycles. The number of carbonyl (C=O) groups excluding carboxylic acids is 1. The number of rotatable bonds is 8. The van der Waals surface area contributed by atoms with Gasteiger partial charge < -0.3 is 0 Å². The number of allylic oxidation sites excluding steroid dienone is 1. The lowest BCUT2D eigenvalue weighted by atomic mass is 9.83. The van der Waals surface area contributed by atoms with Gasteiger partial charge in [-0.25, -0.2) is 0 Å². The molecule has 0 spiro atoms. The molecule has 0 saturated heterocycles. The molecule has 2 aliphatic rings. The van der Waals surface area contributed by atoms with E-state index < -0.39 is 0 Å². The lowest BCUT2D eigenvalue weighted by molar-refractivity contribution is -0.116. The Hall–Kier alpha value is -2.97. The zero-order valence-electron chi connectivity index (χ0n) is 19.3. The van der Waals surface area contributed by atoms with Crippen LogP contribution in [0.5, 0.6) is 0 Å².